The lowest BCUT2D eigenvalue weighted by Crippen LogP contribution is -1.90. The third kappa shape index (κ3) is 3.67. The monoisotopic (exact) mass is 238 g/mol. The van der Waals surface area contributed by atoms with Crippen LogP contribution in [0.25, 0.3) is 0 Å². The molecule has 92 valence electrons. The zero-order valence-corrected chi connectivity index (χ0v) is 10.3. The van der Waals surface area contributed by atoms with Gasteiger partial charge in [-0.05, 0) is 48.9 Å². The Morgan fingerprint density at radius 2 is 1.56 bits per heavy atom. The van der Waals surface area contributed by atoms with Gasteiger partial charge in [0.1, 0.15) is 0 Å². The molecule has 0 atom stereocenters. The van der Waals surface area contributed by atoms with E-state index in [0.717, 1.165) is 24.2 Å². The highest BCUT2D eigenvalue weighted by Gasteiger charge is 1.95. The van der Waals surface area contributed by atoms with Crippen LogP contribution in [0.2, 0.25) is 0 Å². The van der Waals surface area contributed by atoms with Gasteiger partial charge in [0.05, 0.1) is 0 Å². The molecule has 2 heteroatoms. The number of anilines is 2. The van der Waals surface area contributed by atoms with E-state index in [1.807, 2.05) is 24.3 Å². The van der Waals surface area contributed by atoms with Crippen molar-refractivity contribution < 1.29 is 0 Å². The quantitative estimate of drug-likeness (QED) is 0.830. The molecule has 0 bridgehead atoms. The highest BCUT2D eigenvalue weighted by Crippen LogP contribution is 2.17. The van der Waals surface area contributed by atoms with Crippen LogP contribution >= 0.6 is 0 Å². The van der Waals surface area contributed by atoms with Crippen LogP contribution in [0, 0.1) is 0 Å². The van der Waals surface area contributed by atoms with Crippen LogP contribution < -0.4 is 11.1 Å². The molecule has 2 rings (SSSR count). The number of hydrogen-bond donors (Lipinski definition) is 2. The summed E-state index contributed by atoms with van der Waals surface area (Å²) < 4.78 is 0. The largest absolute Gasteiger partial charge is 0.405 e. The molecule has 2 aromatic carbocycles. The maximum Gasteiger partial charge on any atom is 0.0384 e. The standard InChI is InChI=1S/C16H18N2/c17-13-5-4-6-14-9-11-16(12-10-14)18-15-7-2-1-3-8-15/h1-3,5,7-13,18H,4,6,17H2. The van der Waals surface area contributed by atoms with Crippen molar-refractivity contribution in [1.29, 1.82) is 0 Å². The number of nitrogens with two attached hydrogens (primary N) is 1. The van der Waals surface area contributed by atoms with Crippen molar-refractivity contribution in [2.45, 2.75) is 12.8 Å². The molecular formula is C16H18N2. The molecule has 0 heterocycles. The Labute approximate surface area is 108 Å². The normalized spacial score (nSPS) is 10.7. The van der Waals surface area contributed by atoms with Crippen molar-refractivity contribution in [2.24, 2.45) is 5.73 Å². The zero-order chi connectivity index (χ0) is 12.6. The number of hydrogen-bond acceptors (Lipinski definition) is 2. The van der Waals surface area contributed by atoms with Crippen molar-refractivity contribution in [3.63, 3.8) is 0 Å². The van der Waals surface area contributed by atoms with E-state index in [0.29, 0.717) is 0 Å². The minimum atomic E-state index is 0.988. The lowest BCUT2D eigenvalue weighted by molar-refractivity contribution is 0.998. The first-order valence-electron chi connectivity index (χ1n) is 6.16. The average molecular weight is 238 g/mol. The van der Waals surface area contributed by atoms with Crippen molar-refractivity contribution in [2.75, 3.05) is 5.32 Å². The van der Waals surface area contributed by atoms with Crippen molar-refractivity contribution in [3.05, 3.63) is 72.4 Å². The number of aryl methyl sites for hydroxylation is 1. The summed E-state index contributed by atoms with van der Waals surface area (Å²) in [7, 11) is 0. The first-order chi connectivity index (χ1) is 8.88. The Morgan fingerprint density at radius 1 is 0.889 bits per heavy atom. The first-order valence-corrected chi connectivity index (χ1v) is 6.16. The van der Waals surface area contributed by atoms with Gasteiger partial charge in [0.15, 0.2) is 0 Å². The number of allylic oxidation sites excluding steroid dienone is 1. The predicted octanol–water partition coefficient (Wildman–Crippen LogP) is 3.84. The maximum absolute atomic E-state index is 5.31. The summed E-state index contributed by atoms with van der Waals surface area (Å²) in [6.45, 7) is 0. The second kappa shape index (κ2) is 6.50. The Bertz CT molecular complexity index is 486. The number of nitrogens with one attached hydrogen (secondary N) is 1. The lowest BCUT2D eigenvalue weighted by atomic mass is 10.1. The fraction of sp³-hybridized carbons (Fsp3) is 0.125. The highest BCUT2D eigenvalue weighted by atomic mass is 14.9. The number of benzene rings is 2. The smallest absolute Gasteiger partial charge is 0.0384 e. The molecule has 2 nitrogen and oxygen atoms in total. The van der Waals surface area contributed by atoms with Gasteiger partial charge in [-0.15, -0.1) is 0 Å². The topological polar surface area (TPSA) is 38.0 Å². The van der Waals surface area contributed by atoms with Gasteiger partial charge in [-0.25, -0.2) is 0 Å². The molecule has 0 radical (unpaired) electrons. The van der Waals surface area contributed by atoms with E-state index in [4.69, 9.17) is 5.73 Å². The number of para-hydroxylation sites is 1. The molecule has 0 aliphatic heterocycles. The molecule has 0 saturated heterocycles. The van der Waals surface area contributed by atoms with Crippen LogP contribution in [0.5, 0.6) is 0 Å². The van der Waals surface area contributed by atoms with E-state index in [9.17, 15) is 0 Å². The molecule has 0 saturated carbocycles. The van der Waals surface area contributed by atoms with E-state index in [-0.39, 0.29) is 0 Å². The van der Waals surface area contributed by atoms with Crippen LogP contribution in [-0.4, -0.2) is 0 Å². The van der Waals surface area contributed by atoms with E-state index in [2.05, 4.69) is 41.7 Å². The van der Waals surface area contributed by atoms with Gasteiger partial charge in [0.25, 0.3) is 0 Å². The predicted molar refractivity (Wildman–Crippen MR) is 77.8 cm³/mol. The van der Waals surface area contributed by atoms with E-state index < -0.39 is 0 Å². The third-order valence-electron chi connectivity index (χ3n) is 2.75. The second-order valence-corrected chi connectivity index (χ2v) is 4.15. The Balaban J connectivity index is 1.95. The van der Waals surface area contributed by atoms with Crippen LogP contribution in [0.4, 0.5) is 11.4 Å². The molecule has 0 amide bonds. The Hall–Kier alpha value is -2.22. The summed E-state index contributed by atoms with van der Waals surface area (Å²) in [4.78, 5) is 0. The Morgan fingerprint density at radius 3 is 2.22 bits per heavy atom. The maximum atomic E-state index is 5.31. The van der Waals surface area contributed by atoms with Gasteiger partial charge in [-0.3, -0.25) is 0 Å². The average Bonchev–Trinajstić information content (AvgIpc) is 2.42. The molecule has 0 unspecified atom stereocenters. The van der Waals surface area contributed by atoms with Crippen LogP contribution in [0.3, 0.4) is 0 Å². The minimum absolute atomic E-state index is 0.988. The van der Waals surface area contributed by atoms with Gasteiger partial charge < -0.3 is 11.1 Å². The molecule has 18 heavy (non-hydrogen) atoms. The molecule has 2 aromatic rings. The van der Waals surface area contributed by atoms with Crippen molar-refractivity contribution in [1.82, 2.24) is 0 Å². The molecule has 0 spiro atoms. The summed E-state index contributed by atoms with van der Waals surface area (Å²) in [6, 6.07) is 18.7. The SMILES string of the molecule is NC=CCCc1ccc(Nc2ccccc2)cc1. The Kier molecular flexibility index (Phi) is 4.42. The molecule has 0 aromatic heterocycles. The molecule has 0 fully saturated rings. The molecular weight excluding hydrogens is 220 g/mol. The highest BCUT2D eigenvalue weighted by molar-refractivity contribution is 5.59. The van der Waals surface area contributed by atoms with Crippen LogP contribution in [0.1, 0.15) is 12.0 Å². The summed E-state index contributed by atoms with van der Waals surface area (Å²) in [5.74, 6) is 0. The molecule has 0 aliphatic carbocycles. The summed E-state index contributed by atoms with van der Waals surface area (Å²) >= 11 is 0. The van der Waals surface area contributed by atoms with E-state index >= 15 is 0 Å². The van der Waals surface area contributed by atoms with Crippen LogP contribution in [-0.2, 0) is 6.42 Å². The van der Waals surface area contributed by atoms with E-state index in [1.54, 1.807) is 6.20 Å². The fourth-order valence-corrected chi connectivity index (χ4v) is 1.79. The minimum Gasteiger partial charge on any atom is -0.405 e. The van der Waals surface area contributed by atoms with Crippen molar-refractivity contribution >= 4 is 11.4 Å². The van der Waals surface area contributed by atoms with Gasteiger partial charge in [0, 0.05) is 11.4 Å². The van der Waals surface area contributed by atoms with E-state index in [1.165, 1.54) is 5.56 Å². The van der Waals surface area contributed by atoms with Crippen LogP contribution in [0.15, 0.2) is 66.9 Å². The van der Waals surface area contributed by atoms with Gasteiger partial charge >= 0.3 is 0 Å². The summed E-state index contributed by atoms with van der Waals surface area (Å²) in [5.41, 5.74) is 8.86. The van der Waals surface area contributed by atoms with Gasteiger partial charge in [-0.2, -0.15) is 0 Å². The lowest BCUT2D eigenvalue weighted by Gasteiger charge is -2.07. The van der Waals surface area contributed by atoms with Gasteiger partial charge in [-0.1, -0.05) is 36.4 Å². The first kappa shape index (κ1) is 12.2. The molecule has 0 aliphatic rings. The zero-order valence-electron chi connectivity index (χ0n) is 10.3. The third-order valence-corrected chi connectivity index (χ3v) is 2.75. The second-order valence-electron chi connectivity index (χ2n) is 4.15. The van der Waals surface area contributed by atoms with Crippen molar-refractivity contribution in [3.8, 4) is 0 Å². The molecule has 3 N–H and O–H groups in total. The number of rotatable bonds is 5. The summed E-state index contributed by atoms with van der Waals surface area (Å²) in [5, 5.41) is 3.36. The van der Waals surface area contributed by atoms with Gasteiger partial charge in [0.2, 0.25) is 0 Å². The fourth-order valence-electron chi connectivity index (χ4n) is 1.79. The summed E-state index contributed by atoms with van der Waals surface area (Å²) in [6.07, 6.45) is 5.60.